The van der Waals surface area contributed by atoms with Gasteiger partial charge in [-0.05, 0) is 6.42 Å². The van der Waals surface area contributed by atoms with Gasteiger partial charge in [0.2, 0.25) is 0 Å². The van der Waals surface area contributed by atoms with Gasteiger partial charge in [-0.25, -0.2) is 10.8 Å². The van der Waals surface area contributed by atoms with E-state index < -0.39 is 0 Å². The first-order chi connectivity index (χ1) is 7.88. The molecule has 0 saturated carbocycles. The Morgan fingerprint density at radius 3 is 3.00 bits per heavy atom. The van der Waals surface area contributed by atoms with Gasteiger partial charge in [-0.2, -0.15) is 0 Å². The molecule has 16 heavy (non-hydrogen) atoms. The minimum Gasteiger partial charge on any atom is -0.380 e. The second kappa shape index (κ2) is 5.74. The van der Waals surface area contributed by atoms with Crippen LogP contribution < -0.4 is 11.3 Å². The molecule has 1 aliphatic rings. The van der Waals surface area contributed by atoms with Crippen molar-refractivity contribution in [2.24, 2.45) is 5.84 Å². The van der Waals surface area contributed by atoms with Crippen LogP contribution in [0.15, 0.2) is 12.4 Å². The van der Waals surface area contributed by atoms with Crippen molar-refractivity contribution >= 4 is 5.82 Å². The van der Waals surface area contributed by atoms with Crippen LogP contribution >= 0.6 is 0 Å². The first-order valence-corrected chi connectivity index (χ1v) is 5.46. The maximum absolute atomic E-state index is 5.39. The fourth-order valence-electron chi connectivity index (χ4n) is 1.70. The Morgan fingerprint density at radius 1 is 1.31 bits per heavy atom. The lowest BCUT2D eigenvalue weighted by Gasteiger charge is -2.18. The van der Waals surface area contributed by atoms with E-state index in [4.69, 9.17) is 10.6 Å². The molecule has 0 aromatic carbocycles. The highest BCUT2D eigenvalue weighted by Crippen LogP contribution is 2.06. The van der Waals surface area contributed by atoms with Crippen molar-refractivity contribution < 1.29 is 4.74 Å². The number of hydrogen-bond donors (Lipinski definition) is 2. The molecular weight excluding hydrogens is 206 g/mol. The lowest BCUT2D eigenvalue weighted by molar-refractivity contribution is 0.140. The van der Waals surface area contributed by atoms with Crippen molar-refractivity contribution in [1.82, 2.24) is 14.9 Å². The first-order valence-electron chi connectivity index (χ1n) is 5.46. The number of ether oxygens (including phenoxy) is 1. The highest BCUT2D eigenvalue weighted by molar-refractivity contribution is 5.28. The Hall–Kier alpha value is -1.24. The summed E-state index contributed by atoms with van der Waals surface area (Å²) in [5, 5.41) is 0. The number of aromatic nitrogens is 2. The fourth-order valence-corrected chi connectivity index (χ4v) is 1.70. The zero-order chi connectivity index (χ0) is 11.2. The molecule has 0 aliphatic carbocycles. The Labute approximate surface area is 94.8 Å². The van der Waals surface area contributed by atoms with E-state index in [9.17, 15) is 0 Å². The summed E-state index contributed by atoms with van der Waals surface area (Å²) < 4.78 is 5.39. The molecule has 0 unspecified atom stereocenters. The van der Waals surface area contributed by atoms with Gasteiger partial charge in [0.25, 0.3) is 0 Å². The lowest BCUT2D eigenvalue weighted by Crippen LogP contribution is -2.26. The van der Waals surface area contributed by atoms with Crippen LogP contribution in [0.2, 0.25) is 0 Å². The van der Waals surface area contributed by atoms with E-state index in [1.54, 1.807) is 12.4 Å². The summed E-state index contributed by atoms with van der Waals surface area (Å²) in [5.41, 5.74) is 3.42. The normalized spacial score (nSPS) is 18.1. The SMILES string of the molecule is NNc1cnc(CN2CCCOCC2)cn1. The van der Waals surface area contributed by atoms with E-state index in [1.807, 2.05) is 0 Å². The molecule has 88 valence electrons. The van der Waals surface area contributed by atoms with Crippen LogP contribution in [0.1, 0.15) is 12.1 Å². The smallest absolute Gasteiger partial charge is 0.158 e. The number of hydrogen-bond acceptors (Lipinski definition) is 6. The number of nitrogens with zero attached hydrogens (tertiary/aromatic N) is 3. The van der Waals surface area contributed by atoms with Gasteiger partial charge in [0, 0.05) is 26.2 Å². The molecule has 0 bridgehead atoms. The van der Waals surface area contributed by atoms with Crippen LogP contribution in [0.5, 0.6) is 0 Å². The number of hydrazine groups is 1. The van der Waals surface area contributed by atoms with Crippen molar-refractivity contribution in [2.45, 2.75) is 13.0 Å². The van der Waals surface area contributed by atoms with Gasteiger partial charge in [-0.15, -0.1) is 0 Å². The van der Waals surface area contributed by atoms with Crippen molar-refractivity contribution in [3.63, 3.8) is 0 Å². The van der Waals surface area contributed by atoms with Crippen LogP contribution in [-0.4, -0.2) is 41.2 Å². The molecule has 1 fully saturated rings. The third kappa shape index (κ3) is 3.13. The molecule has 0 amide bonds. The fraction of sp³-hybridized carbons (Fsp3) is 0.600. The zero-order valence-corrected chi connectivity index (χ0v) is 9.22. The van der Waals surface area contributed by atoms with Gasteiger partial charge >= 0.3 is 0 Å². The summed E-state index contributed by atoms with van der Waals surface area (Å²) in [4.78, 5) is 10.7. The molecule has 3 N–H and O–H groups in total. The van der Waals surface area contributed by atoms with Gasteiger partial charge < -0.3 is 10.2 Å². The van der Waals surface area contributed by atoms with Crippen molar-refractivity contribution in [3.8, 4) is 0 Å². The second-order valence-electron chi connectivity index (χ2n) is 3.78. The Morgan fingerprint density at radius 2 is 2.25 bits per heavy atom. The summed E-state index contributed by atoms with van der Waals surface area (Å²) >= 11 is 0. The topological polar surface area (TPSA) is 76.3 Å². The van der Waals surface area contributed by atoms with E-state index >= 15 is 0 Å². The van der Waals surface area contributed by atoms with Crippen LogP contribution in [0.3, 0.4) is 0 Å². The van der Waals surface area contributed by atoms with Crippen LogP contribution in [0.25, 0.3) is 0 Å². The summed E-state index contributed by atoms with van der Waals surface area (Å²) in [5.74, 6) is 5.81. The van der Waals surface area contributed by atoms with Gasteiger partial charge in [0.15, 0.2) is 5.82 Å². The number of nitrogen functional groups attached to an aromatic ring is 1. The molecule has 0 spiro atoms. The quantitative estimate of drug-likeness (QED) is 0.554. The van der Waals surface area contributed by atoms with Crippen LogP contribution in [-0.2, 0) is 11.3 Å². The number of anilines is 1. The number of nitrogens with two attached hydrogens (primary N) is 1. The largest absolute Gasteiger partial charge is 0.380 e. The van der Waals surface area contributed by atoms with Crippen molar-refractivity contribution in [2.75, 3.05) is 31.7 Å². The van der Waals surface area contributed by atoms with E-state index in [1.165, 1.54) is 0 Å². The second-order valence-corrected chi connectivity index (χ2v) is 3.78. The molecule has 1 aliphatic heterocycles. The monoisotopic (exact) mass is 223 g/mol. The van der Waals surface area contributed by atoms with E-state index in [0.717, 1.165) is 45.0 Å². The maximum atomic E-state index is 5.39. The molecule has 0 atom stereocenters. The Bertz CT molecular complexity index is 307. The zero-order valence-electron chi connectivity index (χ0n) is 9.22. The molecule has 1 aromatic rings. The molecule has 2 heterocycles. The molecule has 6 nitrogen and oxygen atoms in total. The van der Waals surface area contributed by atoms with E-state index in [2.05, 4.69) is 20.3 Å². The summed E-state index contributed by atoms with van der Waals surface area (Å²) in [6.45, 7) is 4.49. The molecular formula is C10H17N5O. The van der Waals surface area contributed by atoms with Crippen LogP contribution in [0.4, 0.5) is 5.82 Å². The third-order valence-corrected chi connectivity index (χ3v) is 2.55. The number of rotatable bonds is 3. The van der Waals surface area contributed by atoms with Gasteiger partial charge in [0.05, 0.1) is 24.7 Å². The highest BCUT2D eigenvalue weighted by atomic mass is 16.5. The maximum Gasteiger partial charge on any atom is 0.158 e. The van der Waals surface area contributed by atoms with Crippen molar-refractivity contribution in [1.29, 1.82) is 0 Å². The molecule has 6 heteroatoms. The summed E-state index contributed by atoms with van der Waals surface area (Å²) in [6, 6.07) is 0. The summed E-state index contributed by atoms with van der Waals surface area (Å²) in [6.07, 6.45) is 4.47. The first kappa shape index (κ1) is 11.3. The van der Waals surface area contributed by atoms with E-state index in [-0.39, 0.29) is 0 Å². The highest BCUT2D eigenvalue weighted by Gasteiger charge is 2.10. The summed E-state index contributed by atoms with van der Waals surface area (Å²) in [7, 11) is 0. The molecule has 1 saturated heterocycles. The Kier molecular flexibility index (Phi) is 4.03. The van der Waals surface area contributed by atoms with E-state index in [0.29, 0.717) is 5.82 Å². The van der Waals surface area contributed by atoms with Gasteiger partial charge in [-0.3, -0.25) is 9.88 Å². The third-order valence-electron chi connectivity index (χ3n) is 2.55. The lowest BCUT2D eigenvalue weighted by atomic mass is 10.3. The minimum absolute atomic E-state index is 0.586. The minimum atomic E-state index is 0.586. The average molecular weight is 223 g/mol. The van der Waals surface area contributed by atoms with Crippen molar-refractivity contribution in [3.05, 3.63) is 18.1 Å². The van der Waals surface area contributed by atoms with Crippen LogP contribution in [0, 0.1) is 0 Å². The van der Waals surface area contributed by atoms with Gasteiger partial charge in [-0.1, -0.05) is 0 Å². The Balaban J connectivity index is 1.91. The molecule has 1 aromatic heterocycles. The number of nitrogens with one attached hydrogen (secondary N) is 1. The molecule has 2 rings (SSSR count). The average Bonchev–Trinajstić information content (AvgIpc) is 2.59. The van der Waals surface area contributed by atoms with Gasteiger partial charge in [0.1, 0.15) is 0 Å². The predicted octanol–water partition coefficient (Wildman–Crippen LogP) is -0.0155. The standard InChI is InChI=1S/C10H17N5O/c11-14-10-7-12-9(6-13-10)8-15-2-1-4-16-5-3-15/h6-7H,1-5,8,11H2,(H,13,14). The predicted molar refractivity (Wildman–Crippen MR) is 60.6 cm³/mol. The molecule has 0 radical (unpaired) electrons.